The van der Waals surface area contributed by atoms with Crippen molar-refractivity contribution in [3.8, 4) is 0 Å². The number of thiazole rings is 1. The van der Waals surface area contributed by atoms with Gasteiger partial charge < -0.3 is 0 Å². The second-order valence-electron chi connectivity index (χ2n) is 3.69. The minimum Gasteiger partial charge on any atom is -0.297 e. The average Bonchev–Trinajstić information content (AvgIpc) is 2.67. The highest BCUT2D eigenvalue weighted by Crippen LogP contribution is 2.18. The highest BCUT2D eigenvalue weighted by atomic mass is 35.5. The van der Waals surface area contributed by atoms with Gasteiger partial charge in [-0.25, -0.2) is 4.98 Å². The maximum atomic E-state index is 5.74. The highest BCUT2D eigenvalue weighted by Gasteiger charge is 2.12. The fourth-order valence-electron chi connectivity index (χ4n) is 1.79. The molecule has 0 spiro atoms. The molecule has 0 bridgehead atoms. The van der Waals surface area contributed by atoms with Gasteiger partial charge in [0.05, 0.1) is 12.4 Å². The molecule has 0 amide bonds. The number of hydrogen-bond acceptors (Lipinski definition) is 3. The fraction of sp³-hybridized carbons (Fsp3) is 0.700. The van der Waals surface area contributed by atoms with Gasteiger partial charge in [-0.1, -0.05) is 6.42 Å². The summed E-state index contributed by atoms with van der Waals surface area (Å²) in [5, 5.41) is 1.21. The topological polar surface area (TPSA) is 16.1 Å². The molecule has 0 radical (unpaired) electrons. The van der Waals surface area contributed by atoms with Crippen LogP contribution in [0.2, 0.25) is 0 Å². The van der Waals surface area contributed by atoms with E-state index >= 15 is 0 Å². The van der Waals surface area contributed by atoms with E-state index in [0.717, 1.165) is 6.54 Å². The molecule has 0 aromatic carbocycles. The van der Waals surface area contributed by atoms with Crippen molar-refractivity contribution in [3.05, 3.63) is 16.1 Å². The third-order valence-corrected chi connectivity index (χ3v) is 3.97. The van der Waals surface area contributed by atoms with Gasteiger partial charge >= 0.3 is 0 Å². The molecule has 1 aliphatic heterocycles. The van der Waals surface area contributed by atoms with Crippen molar-refractivity contribution in [3.63, 3.8) is 0 Å². The summed E-state index contributed by atoms with van der Waals surface area (Å²) in [6, 6.07) is 0. The van der Waals surface area contributed by atoms with E-state index in [1.165, 1.54) is 42.2 Å². The summed E-state index contributed by atoms with van der Waals surface area (Å²) >= 11 is 7.48. The third kappa shape index (κ3) is 2.69. The van der Waals surface area contributed by atoms with Gasteiger partial charge in [-0.2, -0.15) is 0 Å². The summed E-state index contributed by atoms with van der Waals surface area (Å²) < 4.78 is 0. The molecule has 2 nitrogen and oxygen atoms in total. The molecule has 0 N–H and O–H groups in total. The predicted octanol–water partition coefficient (Wildman–Crippen LogP) is 2.87. The van der Waals surface area contributed by atoms with Crippen LogP contribution >= 0.6 is 22.9 Å². The molecule has 1 aromatic rings. The van der Waals surface area contributed by atoms with E-state index in [1.54, 1.807) is 11.3 Å². The predicted molar refractivity (Wildman–Crippen MR) is 60.8 cm³/mol. The van der Waals surface area contributed by atoms with Crippen molar-refractivity contribution in [2.75, 3.05) is 13.1 Å². The number of hydrogen-bond donors (Lipinski definition) is 0. The van der Waals surface area contributed by atoms with Crippen molar-refractivity contribution >= 4 is 22.9 Å². The molecule has 14 heavy (non-hydrogen) atoms. The molecular weight excluding hydrogens is 216 g/mol. The number of alkyl halides is 1. The molecule has 0 saturated carbocycles. The van der Waals surface area contributed by atoms with Gasteiger partial charge in [0.15, 0.2) is 0 Å². The number of halogens is 1. The standard InChI is InChI=1S/C10H15ClN2S/c11-6-9-7-12-10(14-9)8-13-4-2-1-3-5-13/h7H,1-6,8H2. The molecule has 78 valence electrons. The Morgan fingerprint density at radius 2 is 2.14 bits per heavy atom. The Labute approximate surface area is 93.9 Å². The molecular formula is C10H15ClN2S. The van der Waals surface area contributed by atoms with Crippen molar-refractivity contribution in [1.82, 2.24) is 9.88 Å². The van der Waals surface area contributed by atoms with Crippen LogP contribution in [0.3, 0.4) is 0 Å². The molecule has 4 heteroatoms. The lowest BCUT2D eigenvalue weighted by atomic mass is 10.1. The average molecular weight is 231 g/mol. The summed E-state index contributed by atoms with van der Waals surface area (Å²) in [4.78, 5) is 8.04. The third-order valence-electron chi connectivity index (χ3n) is 2.54. The van der Waals surface area contributed by atoms with E-state index in [0.29, 0.717) is 5.88 Å². The highest BCUT2D eigenvalue weighted by molar-refractivity contribution is 7.11. The first-order valence-corrected chi connectivity index (χ1v) is 6.45. The molecule has 1 saturated heterocycles. The Hall–Kier alpha value is -0.120. The Bertz CT molecular complexity index is 281. The lowest BCUT2D eigenvalue weighted by molar-refractivity contribution is 0.220. The zero-order chi connectivity index (χ0) is 9.80. The molecule has 1 aliphatic rings. The first-order chi connectivity index (χ1) is 6.88. The quantitative estimate of drug-likeness (QED) is 0.743. The van der Waals surface area contributed by atoms with Gasteiger partial charge in [-0.3, -0.25) is 4.90 Å². The fourth-order valence-corrected chi connectivity index (χ4v) is 2.84. The van der Waals surface area contributed by atoms with Crippen LogP contribution in [0.1, 0.15) is 29.1 Å². The minimum absolute atomic E-state index is 0.595. The van der Waals surface area contributed by atoms with Crippen LogP contribution in [0.4, 0.5) is 0 Å². The lowest BCUT2D eigenvalue weighted by Crippen LogP contribution is -2.28. The van der Waals surface area contributed by atoms with Crippen LogP contribution in [0, 0.1) is 0 Å². The Morgan fingerprint density at radius 1 is 1.36 bits per heavy atom. The van der Waals surface area contributed by atoms with Crippen LogP contribution < -0.4 is 0 Å². The number of piperidine rings is 1. The summed E-state index contributed by atoms with van der Waals surface area (Å²) in [5.41, 5.74) is 0. The number of likely N-dealkylation sites (tertiary alicyclic amines) is 1. The second kappa shape index (κ2) is 5.10. The van der Waals surface area contributed by atoms with Gasteiger partial charge in [0.2, 0.25) is 0 Å². The lowest BCUT2D eigenvalue weighted by Gasteiger charge is -2.25. The van der Waals surface area contributed by atoms with Gasteiger partial charge in [0, 0.05) is 11.1 Å². The van der Waals surface area contributed by atoms with Crippen LogP contribution in [0.5, 0.6) is 0 Å². The van der Waals surface area contributed by atoms with E-state index in [1.807, 2.05) is 6.20 Å². The van der Waals surface area contributed by atoms with Crippen LogP contribution in [-0.4, -0.2) is 23.0 Å². The molecule has 2 heterocycles. The summed E-state index contributed by atoms with van der Waals surface area (Å²) in [5.74, 6) is 0.595. The van der Waals surface area contributed by atoms with Crippen molar-refractivity contribution in [1.29, 1.82) is 0 Å². The summed E-state index contributed by atoms with van der Waals surface area (Å²) in [6.45, 7) is 3.48. The first-order valence-electron chi connectivity index (χ1n) is 5.10. The monoisotopic (exact) mass is 230 g/mol. The van der Waals surface area contributed by atoms with E-state index in [2.05, 4.69) is 9.88 Å². The Morgan fingerprint density at radius 3 is 2.79 bits per heavy atom. The zero-order valence-electron chi connectivity index (χ0n) is 8.21. The van der Waals surface area contributed by atoms with Crippen LogP contribution in [0.25, 0.3) is 0 Å². The normalized spacial score (nSPS) is 18.6. The second-order valence-corrected chi connectivity index (χ2v) is 5.16. The van der Waals surface area contributed by atoms with E-state index in [9.17, 15) is 0 Å². The smallest absolute Gasteiger partial charge is 0.107 e. The molecule has 2 rings (SSSR count). The number of rotatable bonds is 3. The van der Waals surface area contributed by atoms with Gasteiger partial charge in [0.1, 0.15) is 5.01 Å². The molecule has 0 unspecified atom stereocenters. The molecule has 1 aromatic heterocycles. The zero-order valence-corrected chi connectivity index (χ0v) is 9.78. The van der Waals surface area contributed by atoms with Gasteiger partial charge in [-0.15, -0.1) is 22.9 Å². The minimum atomic E-state index is 0.595. The molecule has 0 aliphatic carbocycles. The number of aromatic nitrogens is 1. The number of nitrogens with zero attached hydrogens (tertiary/aromatic N) is 2. The van der Waals surface area contributed by atoms with E-state index in [-0.39, 0.29) is 0 Å². The van der Waals surface area contributed by atoms with Crippen LogP contribution in [0.15, 0.2) is 6.20 Å². The maximum Gasteiger partial charge on any atom is 0.107 e. The Kier molecular flexibility index (Phi) is 3.79. The first kappa shape index (κ1) is 10.4. The molecule has 1 fully saturated rings. The van der Waals surface area contributed by atoms with Crippen molar-refractivity contribution in [2.24, 2.45) is 0 Å². The van der Waals surface area contributed by atoms with Crippen molar-refractivity contribution in [2.45, 2.75) is 31.7 Å². The van der Waals surface area contributed by atoms with Crippen LogP contribution in [-0.2, 0) is 12.4 Å². The van der Waals surface area contributed by atoms with Crippen molar-refractivity contribution < 1.29 is 0 Å². The SMILES string of the molecule is ClCc1cnc(CN2CCCCC2)s1. The maximum absolute atomic E-state index is 5.74. The van der Waals surface area contributed by atoms with E-state index in [4.69, 9.17) is 11.6 Å². The van der Waals surface area contributed by atoms with Gasteiger partial charge in [-0.05, 0) is 25.9 Å². The summed E-state index contributed by atoms with van der Waals surface area (Å²) in [7, 11) is 0. The van der Waals surface area contributed by atoms with E-state index < -0.39 is 0 Å². The molecule has 0 atom stereocenters. The summed E-state index contributed by atoms with van der Waals surface area (Å²) in [6.07, 6.45) is 5.97. The van der Waals surface area contributed by atoms with Gasteiger partial charge in [0.25, 0.3) is 0 Å². The largest absolute Gasteiger partial charge is 0.297 e. The Balaban J connectivity index is 1.89.